The van der Waals surface area contributed by atoms with Crippen LogP contribution in [0.15, 0.2) is 0 Å². The summed E-state index contributed by atoms with van der Waals surface area (Å²) in [7, 11) is 0. The summed E-state index contributed by atoms with van der Waals surface area (Å²) in [5, 5.41) is 1.99. The molecule has 4 heteroatoms. The molecule has 0 aromatic rings. The van der Waals surface area contributed by atoms with Crippen molar-refractivity contribution in [3.8, 4) is 0 Å². The summed E-state index contributed by atoms with van der Waals surface area (Å²) >= 11 is 5.28. The van der Waals surface area contributed by atoms with Crippen LogP contribution >= 0.6 is 11.6 Å². The lowest BCUT2D eigenvalue weighted by atomic mass is 10.0. The third-order valence-corrected chi connectivity index (χ3v) is 1.62. The smallest absolute Gasteiger partial charge is 0.244 e. The van der Waals surface area contributed by atoms with E-state index < -0.39 is 11.3 Å². The number of hydrogen-bond donors (Lipinski definition) is 1. The molecule has 1 N–H and O–H groups in total. The highest BCUT2D eigenvalue weighted by atomic mass is 35.5. The monoisotopic (exact) mass is 191 g/mol. The molecule has 0 heterocycles. The molecule has 3 nitrogen and oxygen atoms in total. The van der Waals surface area contributed by atoms with Gasteiger partial charge in [-0.25, -0.2) is 0 Å². The highest BCUT2D eigenvalue weighted by Crippen LogP contribution is 2.07. The zero-order valence-corrected chi connectivity index (χ0v) is 8.31. The zero-order valence-electron chi connectivity index (χ0n) is 7.56. The fourth-order valence-corrected chi connectivity index (χ4v) is 1.07. The zero-order chi connectivity index (χ0) is 9.72. The van der Waals surface area contributed by atoms with Gasteiger partial charge in [-0.2, -0.15) is 0 Å². The quantitative estimate of drug-likeness (QED) is 0.681. The lowest BCUT2D eigenvalue weighted by molar-refractivity contribution is -0.123. The molecule has 70 valence electrons. The van der Waals surface area contributed by atoms with Crippen LogP contribution in [-0.2, 0) is 9.59 Å². The third kappa shape index (κ3) is 5.13. The van der Waals surface area contributed by atoms with E-state index in [0.717, 1.165) is 0 Å². The predicted octanol–water partition coefficient (Wildman–Crippen LogP) is 1.30. The predicted molar refractivity (Wildman–Crippen MR) is 47.9 cm³/mol. The molecule has 1 amide bonds. The van der Waals surface area contributed by atoms with Crippen molar-refractivity contribution in [2.75, 3.05) is 0 Å². The second kappa shape index (κ2) is 5.14. The molecule has 0 fully saturated rings. The molecule has 0 saturated heterocycles. The Hall–Kier alpha value is -0.570. The Kier molecular flexibility index (Phi) is 4.90. The molecule has 0 spiro atoms. The third-order valence-electron chi connectivity index (χ3n) is 1.36. The van der Waals surface area contributed by atoms with E-state index in [1.807, 2.05) is 13.8 Å². The normalized spacial score (nSPS) is 12.8. The summed E-state index contributed by atoms with van der Waals surface area (Å²) < 4.78 is 0. The van der Waals surface area contributed by atoms with Gasteiger partial charge in [-0.1, -0.05) is 13.8 Å². The van der Waals surface area contributed by atoms with Crippen molar-refractivity contribution < 1.29 is 9.59 Å². The summed E-state index contributed by atoms with van der Waals surface area (Å²) in [6.45, 7) is 5.30. The number of rotatable bonds is 4. The minimum absolute atomic E-state index is 0.227. The summed E-state index contributed by atoms with van der Waals surface area (Å²) in [5.41, 5.74) is 0. The standard InChI is InChI=1S/C8H14ClNO2/c1-5(2)4-7(8(9)12)10-6(3)11/h5,7H,4H2,1-3H3,(H,10,11). The van der Waals surface area contributed by atoms with Gasteiger partial charge in [-0.05, 0) is 23.9 Å². The van der Waals surface area contributed by atoms with Crippen LogP contribution in [0.1, 0.15) is 27.2 Å². The SMILES string of the molecule is CC(=O)NC(CC(C)C)C(=O)Cl. The molecule has 0 aromatic heterocycles. The molecule has 0 rings (SSSR count). The van der Waals surface area contributed by atoms with Crippen LogP contribution < -0.4 is 5.32 Å². The molecule has 0 saturated carbocycles. The van der Waals surface area contributed by atoms with Crippen molar-refractivity contribution in [2.24, 2.45) is 5.92 Å². The number of hydrogen-bond acceptors (Lipinski definition) is 2. The second-order valence-corrected chi connectivity index (χ2v) is 3.56. The van der Waals surface area contributed by atoms with E-state index >= 15 is 0 Å². The van der Waals surface area contributed by atoms with E-state index in [2.05, 4.69) is 5.32 Å². The van der Waals surface area contributed by atoms with Gasteiger partial charge in [0, 0.05) is 6.92 Å². The summed E-state index contributed by atoms with van der Waals surface area (Å²) in [4.78, 5) is 21.4. The van der Waals surface area contributed by atoms with Gasteiger partial charge in [0.2, 0.25) is 11.1 Å². The first-order valence-corrected chi connectivity index (χ1v) is 4.27. The molecule has 1 unspecified atom stereocenters. The molecule has 0 aromatic carbocycles. The number of nitrogens with one attached hydrogen (secondary N) is 1. The topological polar surface area (TPSA) is 46.2 Å². The Bertz CT molecular complexity index is 180. The minimum atomic E-state index is -0.538. The summed E-state index contributed by atoms with van der Waals surface area (Å²) in [5.74, 6) is 0.110. The number of halogens is 1. The van der Waals surface area contributed by atoms with Gasteiger partial charge >= 0.3 is 0 Å². The maximum Gasteiger partial charge on any atom is 0.244 e. The number of carbonyl (C=O) groups is 2. The maximum absolute atomic E-state index is 10.8. The second-order valence-electron chi connectivity index (χ2n) is 3.19. The average molecular weight is 192 g/mol. The first-order chi connectivity index (χ1) is 5.43. The largest absolute Gasteiger partial charge is 0.345 e. The van der Waals surface area contributed by atoms with Gasteiger partial charge in [0.1, 0.15) is 6.04 Å². The van der Waals surface area contributed by atoms with Crippen molar-refractivity contribution in [1.29, 1.82) is 0 Å². The maximum atomic E-state index is 10.8. The first kappa shape index (κ1) is 11.4. The van der Waals surface area contributed by atoms with Crippen LogP contribution in [0, 0.1) is 5.92 Å². The van der Waals surface area contributed by atoms with E-state index in [9.17, 15) is 9.59 Å². The highest BCUT2D eigenvalue weighted by Gasteiger charge is 2.17. The Morgan fingerprint density at radius 1 is 1.42 bits per heavy atom. The van der Waals surface area contributed by atoms with Crippen molar-refractivity contribution in [1.82, 2.24) is 5.32 Å². The van der Waals surface area contributed by atoms with E-state index in [1.54, 1.807) is 0 Å². The van der Waals surface area contributed by atoms with Crippen LogP contribution in [0.5, 0.6) is 0 Å². The molecule has 0 bridgehead atoms. The van der Waals surface area contributed by atoms with Crippen LogP contribution in [-0.4, -0.2) is 17.2 Å². The lowest BCUT2D eigenvalue weighted by Crippen LogP contribution is -2.38. The van der Waals surface area contributed by atoms with Gasteiger partial charge in [-0.3, -0.25) is 9.59 Å². The summed E-state index contributed by atoms with van der Waals surface area (Å²) in [6, 6.07) is -0.538. The van der Waals surface area contributed by atoms with Gasteiger partial charge < -0.3 is 5.32 Å². The minimum Gasteiger partial charge on any atom is -0.345 e. The number of carbonyl (C=O) groups excluding carboxylic acids is 2. The molecule has 12 heavy (non-hydrogen) atoms. The lowest BCUT2D eigenvalue weighted by Gasteiger charge is -2.14. The Balaban J connectivity index is 4.04. The molecular formula is C8H14ClNO2. The Morgan fingerprint density at radius 2 is 1.92 bits per heavy atom. The van der Waals surface area contributed by atoms with Gasteiger partial charge in [0.25, 0.3) is 0 Å². The molecule has 0 aliphatic carbocycles. The molecular weight excluding hydrogens is 178 g/mol. The van der Waals surface area contributed by atoms with Crippen molar-refractivity contribution in [2.45, 2.75) is 33.2 Å². The Labute approximate surface area is 77.5 Å². The molecule has 0 aliphatic rings. The first-order valence-electron chi connectivity index (χ1n) is 3.90. The van der Waals surface area contributed by atoms with Crippen LogP contribution in [0.25, 0.3) is 0 Å². The van der Waals surface area contributed by atoms with Gasteiger partial charge in [-0.15, -0.1) is 0 Å². The van der Waals surface area contributed by atoms with Crippen LogP contribution in [0.4, 0.5) is 0 Å². The van der Waals surface area contributed by atoms with E-state index in [4.69, 9.17) is 11.6 Å². The Morgan fingerprint density at radius 3 is 2.17 bits per heavy atom. The van der Waals surface area contributed by atoms with Crippen molar-refractivity contribution >= 4 is 22.8 Å². The van der Waals surface area contributed by atoms with Crippen LogP contribution in [0.3, 0.4) is 0 Å². The summed E-state index contributed by atoms with van der Waals surface area (Å²) in [6.07, 6.45) is 0.585. The van der Waals surface area contributed by atoms with E-state index in [-0.39, 0.29) is 5.91 Å². The van der Waals surface area contributed by atoms with Gasteiger partial charge in [0.15, 0.2) is 0 Å². The molecule has 1 atom stereocenters. The fourth-order valence-electron chi connectivity index (χ4n) is 0.925. The average Bonchev–Trinajstić information content (AvgIpc) is 1.83. The number of amides is 1. The fraction of sp³-hybridized carbons (Fsp3) is 0.750. The highest BCUT2D eigenvalue weighted by molar-refractivity contribution is 6.64. The van der Waals surface area contributed by atoms with E-state index in [0.29, 0.717) is 12.3 Å². The van der Waals surface area contributed by atoms with Crippen molar-refractivity contribution in [3.05, 3.63) is 0 Å². The van der Waals surface area contributed by atoms with E-state index in [1.165, 1.54) is 6.92 Å². The van der Waals surface area contributed by atoms with Crippen molar-refractivity contribution in [3.63, 3.8) is 0 Å². The molecule has 0 radical (unpaired) electrons. The van der Waals surface area contributed by atoms with Crippen LogP contribution in [0.2, 0.25) is 0 Å². The van der Waals surface area contributed by atoms with Gasteiger partial charge in [0.05, 0.1) is 0 Å². The molecule has 0 aliphatic heterocycles.